The second-order valence-electron chi connectivity index (χ2n) is 8.91. The fourth-order valence-corrected chi connectivity index (χ4v) is 4.75. The Labute approximate surface area is 185 Å². The summed E-state index contributed by atoms with van der Waals surface area (Å²) in [7, 11) is 0. The van der Waals surface area contributed by atoms with Crippen molar-refractivity contribution in [1.82, 2.24) is 24.8 Å². The van der Waals surface area contributed by atoms with Crippen LogP contribution in [0.25, 0.3) is 11.4 Å². The molecule has 2 aliphatic heterocycles. The molecule has 2 aromatic rings. The summed E-state index contributed by atoms with van der Waals surface area (Å²) < 4.78 is 5.58. The predicted molar refractivity (Wildman–Crippen MR) is 121 cm³/mol. The van der Waals surface area contributed by atoms with Gasteiger partial charge in [0, 0.05) is 31.7 Å². The van der Waals surface area contributed by atoms with Gasteiger partial charge in [-0.2, -0.15) is 4.98 Å². The van der Waals surface area contributed by atoms with Crippen molar-refractivity contribution in [2.75, 3.05) is 39.3 Å². The highest BCUT2D eigenvalue weighted by molar-refractivity contribution is 5.82. The number of benzene rings is 1. The Hall–Kier alpha value is -2.25. The predicted octanol–water partition coefficient (Wildman–Crippen LogP) is 3.51. The number of aromatic nitrogens is 2. The first-order valence-corrected chi connectivity index (χ1v) is 11.7. The van der Waals surface area contributed by atoms with Gasteiger partial charge in [0.15, 0.2) is 0 Å². The third-order valence-corrected chi connectivity index (χ3v) is 6.69. The molecule has 31 heavy (non-hydrogen) atoms. The third-order valence-electron chi connectivity index (χ3n) is 6.69. The molecule has 2 aliphatic rings. The Kier molecular flexibility index (Phi) is 7.02. The zero-order valence-electron chi connectivity index (χ0n) is 19.1. The van der Waals surface area contributed by atoms with Gasteiger partial charge in [0.25, 0.3) is 0 Å². The molecule has 7 heteroatoms. The monoisotopic (exact) mass is 425 g/mol. The first-order valence-electron chi connectivity index (χ1n) is 11.7. The van der Waals surface area contributed by atoms with Crippen LogP contribution in [0.4, 0.5) is 0 Å². The van der Waals surface area contributed by atoms with Crippen LogP contribution in [0.1, 0.15) is 57.0 Å². The zero-order chi connectivity index (χ0) is 21.8. The van der Waals surface area contributed by atoms with Crippen LogP contribution < -0.4 is 0 Å². The first kappa shape index (κ1) is 22.0. The number of rotatable bonds is 6. The van der Waals surface area contributed by atoms with Crippen LogP contribution >= 0.6 is 0 Å². The molecule has 2 atom stereocenters. The summed E-state index contributed by atoms with van der Waals surface area (Å²) in [5.41, 5.74) is 2.17. The smallest absolute Gasteiger partial charge is 0.244 e. The Morgan fingerprint density at radius 1 is 1.13 bits per heavy atom. The fourth-order valence-electron chi connectivity index (χ4n) is 4.75. The lowest BCUT2D eigenvalue weighted by molar-refractivity contribution is -0.140. The maximum atomic E-state index is 13.2. The maximum Gasteiger partial charge on any atom is 0.244 e. The molecule has 2 unspecified atom stereocenters. The van der Waals surface area contributed by atoms with Gasteiger partial charge in [-0.05, 0) is 46.2 Å². The molecule has 2 saturated heterocycles. The second kappa shape index (κ2) is 9.92. The van der Waals surface area contributed by atoms with Crippen LogP contribution in [0, 0.1) is 6.92 Å². The van der Waals surface area contributed by atoms with E-state index in [0.29, 0.717) is 17.6 Å². The second-order valence-corrected chi connectivity index (χ2v) is 8.91. The molecule has 0 spiro atoms. The maximum absolute atomic E-state index is 13.2. The highest BCUT2D eigenvalue weighted by Crippen LogP contribution is 2.25. The Balaban J connectivity index is 1.34. The molecule has 1 amide bonds. The lowest BCUT2D eigenvalue weighted by Crippen LogP contribution is -2.56. The summed E-state index contributed by atoms with van der Waals surface area (Å²) in [6, 6.07) is 8.26. The van der Waals surface area contributed by atoms with Gasteiger partial charge in [0.1, 0.15) is 0 Å². The van der Waals surface area contributed by atoms with Crippen molar-refractivity contribution >= 4 is 5.91 Å². The van der Waals surface area contributed by atoms with Gasteiger partial charge in [-0.3, -0.25) is 14.6 Å². The normalized spacial score (nSPS) is 21.9. The number of nitrogens with zero attached hydrogens (tertiary/aromatic N) is 5. The summed E-state index contributed by atoms with van der Waals surface area (Å²) in [4.78, 5) is 24.6. The van der Waals surface area contributed by atoms with Gasteiger partial charge in [0.2, 0.25) is 17.6 Å². The van der Waals surface area contributed by atoms with Crippen LogP contribution in [0.15, 0.2) is 28.8 Å². The van der Waals surface area contributed by atoms with Gasteiger partial charge >= 0.3 is 0 Å². The van der Waals surface area contributed by atoms with E-state index < -0.39 is 0 Å². The van der Waals surface area contributed by atoms with E-state index in [4.69, 9.17) is 4.52 Å². The lowest BCUT2D eigenvalue weighted by Gasteiger charge is -2.41. The quantitative estimate of drug-likeness (QED) is 0.706. The molecule has 7 nitrogen and oxygen atoms in total. The molecular formula is C24H35N5O2. The van der Waals surface area contributed by atoms with E-state index in [2.05, 4.69) is 57.7 Å². The standard InChI is InChI=1S/C24H35N5O2/c1-4-12-28-13-6-5-7-21(28)24(30)29-16-14-27(15-17-29)19(3)23-25-22(26-31-23)20-10-8-18(2)9-11-20/h8-11,19,21H,4-7,12-17H2,1-3H3. The van der Waals surface area contributed by atoms with Gasteiger partial charge < -0.3 is 9.42 Å². The van der Waals surface area contributed by atoms with Crippen molar-refractivity contribution in [3.63, 3.8) is 0 Å². The number of carbonyl (C=O) groups excluding carboxylic acids is 1. The van der Waals surface area contributed by atoms with E-state index in [1.165, 1.54) is 12.0 Å². The average molecular weight is 426 g/mol. The van der Waals surface area contributed by atoms with Crippen molar-refractivity contribution < 1.29 is 9.32 Å². The summed E-state index contributed by atoms with van der Waals surface area (Å²) >= 11 is 0. The van der Waals surface area contributed by atoms with Crippen LogP contribution in [-0.2, 0) is 4.79 Å². The molecule has 3 heterocycles. The van der Waals surface area contributed by atoms with E-state index in [9.17, 15) is 4.79 Å². The number of piperazine rings is 1. The number of carbonyl (C=O) groups is 1. The van der Waals surface area contributed by atoms with E-state index in [1.807, 2.05) is 12.1 Å². The van der Waals surface area contributed by atoms with Crippen molar-refractivity contribution in [2.45, 2.75) is 58.5 Å². The summed E-state index contributed by atoms with van der Waals surface area (Å²) in [6.07, 6.45) is 4.47. The molecule has 0 saturated carbocycles. The number of hydrogen-bond donors (Lipinski definition) is 0. The minimum atomic E-state index is 0.0372. The van der Waals surface area contributed by atoms with Crippen molar-refractivity contribution in [2.24, 2.45) is 0 Å². The lowest BCUT2D eigenvalue weighted by atomic mass is 10.00. The molecule has 0 N–H and O–H groups in total. The largest absolute Gasteiger partial charge is 0.339 e. The highest BCUT2D eigenvalue weighted by atomic mass is 16.5. The topological polar surface area (TPSA) is 65.7 Å². The van der Waals surface area contributed by atoms with Crippen LogP contribution in [0.3, 0.4) is 0 Å². The summed E-state index contributed by atoms with van der Waals surface area (Å²) in [5, 5.41) is 4.18. The molecule has 2 fully saturated rings. The van der Waals surface area contributed by atoms with Crippen molar-refractivity contribution in [1.29, 1.82) is 0 Å². The minimum absolute atomic E-state index is 0.0372. The average Bonchev–Trinajstić information content (AvgIpc) is 3.30. The Morgan fingerprint density at radius 2 is 1.87 bits per heavy atom. The molecule has 0 bridgehead atoms. The molecule has 0 radical (unpaired) electrons. The number of amides is 1. The van der Waals surface area contributed by atoms with E-state index in [1.54, 1.807) is 0 Å². The summed E-state index contributed by atoms with van der Waals surface area (Å²) in [6.45, 7) is 11.6. The van der Waals surface area contributed by atoms with Crippen molar-refractivity contribution in [3.05, 3.63) is 35.7 Å². The molecule has 4 rings (SSSR count). The molecule has 168 valence electrons. The van der Waals surface area contributed by atoms with Gasteiger partial charge in [-0.1, -0.05) is 48.3 Å². The number of likely N-dealkylation sites (tertiary alicyclic amines) is 1. The highest BCUT2D eigenvalue weighted by Gasteiger charge is 2.34. The fraction of sp³-hybridized carbons (Fsp3) is 0.625. The Bertz CT molecular complexity index is 855. The van der Waals surface area contributed by atoms with Gasteiger partial charge in [0.05, 0.1) is 12.1 Å². The van der Waals surface area contributed by atoms with E-state index >= 15 is 0 Å². The van der Waals surface area contributed by atoms with Crippen molar-refractivity contribution in [3.8, 4) is 11.4 Å². The Morgan fingerprint density at radius 3 is 2.58 bits per heavy atom. The van der Waals surface area contributed by atoms with E-state index in [0.717, 1.165) is 64.1 Å². The third kappa shape index (κ3) is 4.99. The first-order chi connectivity index (χ1) is 15.1. The van der Waals surface area contributed by atoms with Crippen LogP contribution in [0.5, 0.6) is 0 Å². The molecular weight excluding hydrogens is 390 g/mol. The number of hydrogen-bond acceptors (Lipinski definition) is 6. The van der Waals surface area contributed by atoms with Crippen LogP contribution in [0.2, 0.25) is 0 Å². The van der Waals surface area contributed by atoms with Gasteiger partial charge in [-0.15, -0.1) is 0 Å². The minimum Gasteiger partial charge on any atom is -0.339 e. The van der Waals surface area contributed by atoms with Gasteiger partial charge in [-0.25, -0.2) is 0 Å². The summed E-state index contributed by atoms with van der Waals surface area (Å²) in [5.74, 6) is 1.58. The van der Waals surface area contributed by atoms with E-state index in [-0.39, 0.29) is 12.1 Å². The molecule has 0 aliphatic carbocycles. The number of aryl methyl sites for hydroxylation is 1. The SMILES string of the molecule is CCCN1CCCCC1C(=O)N1CCN(C(C)c2nc(-c3ccc(C)cc3)no2)CC1. The van der Waals surface area contributed by atoms with Crippen LogP contribution in [-0.4, -0.2) is 76.1 Å². The zero-order valence-corrected chi connectivity index (χ0v) is 19.1. The molecule has 1 aromatic heterocycles. The molecule has 1 aromatic carbocycles. The number of piperidine rings is 1.